The highest BCUT2D eigenvalue weighted by atomic mass is 16.5. The maximum Gasteiger partial charge on any atom is 0.301 e. The fraction of sp³-hybridized carbons (Fsp3) is 0.321. The number of hydrogen-bond acceptors (Lipinski definition) is 7. The number of amides is 1. The summed E-state index contributed by atoms with van der Waals surface area (Å²) >= 11 is 0. The summed E-state index contributed by atoms with van der Waals surface area (Å²) in [4.78, 5) is 27.6. The van der Waals surface area contributed by atoms with Crippen LogP contribution in [0.1, 0.15) is 56.0 Å². The van der Waals surface area contributed by atoms with Crippen molar-refractivity contribution >= 4 is 23.3 Å². The van der Waals surface area contributed by atoms with Crippen molar-refractivity contribution in [2.45, 2.75) is 46.1 Å². The average Bonchev–Trinajstić information content (AvgIpc) is 3.43. The van der Waals surface area contributed by atoms with Crippen LogP contribution < -0.4 is 14.4 Å². The van der Waals surface area contributed by atoms with Crippen molar-refractivity contribution in [2.75, 3.05) is 18.1 Å². The molecule has 1 N–H and O–H groups in total. The van der Waals surface area contributed by atoms with Gasteiger partial charge >= 0.3 is 5.91 Å². The number of aliphatic hydroxyl groups is 1. The highest BCUT2D eigenvalue weighted by molar-refractivity contribution is 6.51. The van der Waals surface area contributed by atoms with E-state index in [1.54, 1.807) is 61.5 Å². The number of unbranched alkanes of at least 4 members (excludes halogenated alkanes) is 2. The van der Waals surface area contributed by atoms with Gasteiger partial charge in [-0.3, -0.25) is 14.5 Å². The van der Waals surface area contributed by atoms with Crippen LogP contribution in [0.2, 0.25) is 0 Å². The smallest absolute Gasteiger partial charge is 0.301 e. The first-order valence-corrected chi connectivity index (χ1v) is 12.1. The van der Waals surface area contributed by atoms with Gasteiger partial charge in [0, 0.05) is 11.6 Å². The third-order valence-electron chi connectivity index (χ3n) is 5.96. The van der Waals surface area contributed by atoms with Crippen LogP contribution in [0.25, 0.3) is 5.76 Å². The molecule has 3 aromatic rings. The molecule has 2 aromatic carbocycles. The first kappa shape index (κ1) is 25.0. The summed E-state index contributed by atoms with van der Waals surface area (Å²) in [5.74, 6) is 0.157. The van der Waals surface area contributed by atoms with Crippen molar-refractivity contribution in [3.05, 3.63) is 77.1 Å². The Labute approximate surface area is 210 Å². The van der Waals surface area contributed by atoms with Gasteiger partial charge in [0.05, 0.1) is 24.8 Å². The molecule has 0 spiro atoms. The standard InChI is InChI=1S/C28H30N2O6/c1-4-6-7-16-35-22-12-8-19(9-13-22)25-24(26(31)20-10-14-21(15-11-20)34-5-2)27(32)28(33)30(25)23-17-18(3)36-29-23/h8-15,17,25,31H,4-7,16H2,1-3H3. The largest absolute Gasteiger partial charge is 0.507 e. The van der Waals surface area contributed by atoms with E-state index in [2.05, 4.69) is 12.1 Å². The van der Waals surface area contributed by atoms with Crippen molar-refractivity contribution in [3.63, 3.8) is 0 Å². The summed E-state index contributed by atoms with van der Waals surface area (Å²) < 4.78 is 16.5. The van der Waals surface area contributed by atoms with Gasteiger partial charge in [0.1, 0.15) is 23.0 Å². The Kier molecular flexibility index (Phi) is 7.73. The molecule has 1 fully saturated rings. The Morgan fingerprint density at radius 2 is 1.67 bits per heavy atom. The number of rotatable bonds is 10. The number of nitrogens with zero attached hydrogens (tertiary/aromatic N) is 2. The Morgan fingerprint density at radius 3 is 2.28 bits per heavy atom. The zero-order valence-electron chi connectivity index (χ0n) is 20.7. The van der Waals surface area contributed by atoms with Gasteiger partial charge in [-0.15, -0.1) is 0 Å². The minimum atomic E-state index is -0.893. The molecule has 0 bridgehead atoms. The number of aliphatic hydroxyl groups excluding tert-OH is 1. The van der Waals surface area contributed by atoms with E-state index < -0.39 is 17.7 Å². The number of benzene rings is 2. The topological polar surface area (TPSA) is 102 Å². The monoisotopic (exact) mass is 490 g/mol. The molecule has 4 rings (SSSR count). The Morgan fingerprint density at radius 1 is 1.00 bits per heavy atom. The molecule has 8 heteroatoms. The second kappa shape index (κ2) is 11.1. The number of anilines is 1. The molecule has 1 aliphatic rings. The van der Waals surface area contributed by atoms with Crippen molar-refractivity contribution in [3.8, 4) is 11.5 Å². The molecule has 1 aliphatic heterocycles. The fourth-order valence-corrected chi connectivity index (χ4v) is 4.17. The zero-order valence-corrected chi connectivity index (χ0v) is 20.7. The number of aromatic nitrogens is 1. The predicted octanol–water partition coefficient (Wildman–Crippen LogP) is 5.58. The van der Waals surface area contributed by atoms with Crippen LogP contribution in [0.15, 0.2) is 64.7 Å². The minimum absolute atomic E-state index is 0.0265. The second-order valence-electron chi connectivity index (χ2n) is 8.55. The van der Waals surface area contributed by atoms with Crippen molar-refractivity contribution in [1.29, 1.82) is 0 Å². The normalized spacial score (nSPS) is 17.0. The van der Waals surface area contributed by atoms with Crippen LogP contribution in [0.5, 0.6) is 11.5 Å². The van der Waals surface area contributed by atoms with E-state index in [9.17, 15) is 14.7 Å². The van der Waals surface area contributed by atoms with Gasteiger partial charge in [0.15, 0.2) is 5.82 Å². The molecule has 1 saturated heterocycles. The molecule has 0 saturated carbocycles. The molecule has 1 unspecified atom stereocenters. The molecule has 1 aromatic heterocycles. The van der Waals surface area contributed by atoms with Gasteiger partial charge in [-0.1, -0.05) is 37.1 Å². The predicted molar refractivity (Wildman–Crippen MR) is 135 cm³/mol. The number of carbonyl (C=O) groups is 2. The molecule has 1 amide bonds. The zero-order chi connectivity index (χ0) is 25.7. The maximum absolute atomic E-state index is 13.2. The van der Waals surface area contributed by atoms with E-state index in [1.807, 2.05) is 6.92 Å². The van der Waals surface area contributed by atoms with Crippen LogP contribution in [0.3, 0.4) is 0 Å². The van der Waals surface area contributed by atoms with Crippen molar-refractivity contribution < 1.29 is 28.7 Å². The van der Waals surface area contributed by atoms with Crippen LogP contribution >= 0.6 is 0 Å². The highest BCUT2D eigenvalue weighted by Crippen LogP contribution is 2.42. The van der Waals surface area contributed by atoms with Crippen molar-refractivity contribution in [1.82, 2.24) is 5.16 Å². The SMILES string of the molecule is CCCCCOc1ccc(C2C(=C(O)c3ccc(OCC)cc3)C(=O)C(=O)N2c2cc(C)on2)cc1. The number of Topliss-reactive ketones (excluding diaryl/α,β-unsaturated/α-hetero) is 1. The van der Waals surface area contributed by atoms with Crippen molar-refractivity contribution in [2.24, 2.45) is 0 Å². The quantitative estimate of drug-likeness (QED) is 0.171. The first-order valence-electron chi connectivity index (χ1n) is 12.1. The van der Waals surface area contributed by atoms with E-state index >= 15 is 0 Å². The minimum Gasteiger partial charge on any atom is -0.507 e. The van der Waals surface area contributed by atoms with E-state index in [1.165, 1.54) is 4.90 Å². The summed E-state index contributed by atoms with van der Waals surface area (Å²) in [7, 11) is 0. The molecule has 1 atom stereocenters. The van der Waals surface area contributed by atoms with E-state index in [4.69, 9.17) is 14.0 Å². The van der Waals surface area contributed by atoms with Crippen LogP contribution in [0, 0.1) is 6.92 Å². The van der Waals surface area contributed by atoms with Crippen LogP contribution in [-0.2, 0) is 9.59 Å². The van der Waals surface area contributed by atoms with Crippen LogP contribution in [-0.4, -0.2) is 35.2 Å². The van der Waals surface area contributed by atoms with Gasteiger partial charge in [-0.25, -0.2) is 0 Å². The lowest BCUT2D eigenvalue weighted by atomic mass is 9.95. The van der Waals surface area contributed by atoms with Gasteiger partial charge in [-0.05, 0) is 62.2 Å². The molecular weight excluding hydrogens is 460 g/mol. The molecule has 8 nitrogen and oxygen atoms in total. The lowest BCUT2D eigenvalue weighted by molar-refractivity contribution is -0.132. The van der Waals surface area contributed by atoms with E-state index in [0.29, 0.717) is 41.6 Å². The first-order chi connectivity index (χ1) is 17.4. The highest BCUT2D eigenvalue weighted by Gasteiger charge is 2.48. The number of ketones is 1. The van der Waals surface area contributed by atoms with Gasteiger partial charge in [0.25, 0.3) is 5.78 Å². The van der Waals surface area contributed by atoms with Gasteiger partial charge in [-0.2, -0.15) is 0 Å². The Hall–Kier alpha value is -4.07. The lowest BCUT2D eigenvalue weighted by Gasteiger charge is -2.23. The number of hydrogen-bond donors (Lipinski definition) is 1. The molecule has 0 aliphatic carbocycles. The average molecular weight is 491 g/mol. The third kappa shape index (κ3) is 5.12. The molecule has 2 heterocycles. The second-order valence-corrected chi connectivity index (χ2v) is 8.55. The van der Waals surface area contributed by atoms with E-state index in [-0.39, 0.29) is 17.2 Å². The van der Waals surface area contributed by atoms with Gasteiger partial charge < -0.3 is 19.1 Å². The summed E-state index contributed by atoms with van der Waals surface area (Å²) in [6, 6.07) is 14.6. The lowest BCUT2D eigenvalue weighted by Crippen LogP contribution is -2.29. The Balaban J connectivity index is 1.74. The molecule has 0 radical (unpaired) electrons. The summed E-state index contributed by atoms with van der Waals surface area (Å²) in [5.41, 5.74) is 0.998. The summed E-state index contributed by atoms with van der Waals surface area (Å²) in [5, 5.41) is 15.2. The molecular formula is C28H30N2O6. The Bertz CT molecular complexity index is 1240. The van der Waals surface area contributed by atoms with Gasteiger partial charge in [0.2, 0.25) is 0 Å². The number of ether oxygens (including phenoxy) is 2. The van der Waals surface area contributed by atoms with E-state index in [0.717, 1.165) is 19.3 Å². The third-order valence-corrected chi connectivity index (χ3v) is 5.96. The number of carbonyl (C=O) groups excluding carboxylic acids is 2. The maximum atomic E-state index is 13.2. The summed E-state index contributed by atoms with van der Waals surface area (Å²) in [6.07, 6.45) is 3.16. The fourth-order valence-electron chi connectivity index (χ4n) is 4.17. The van der Waals surface area contributed by atoms with Crippen LogP contribution in [0.4, 0.5) is 5.82 Å². The summed E-state index contributed by atoms with van der Waals surface area (Å²) in [6.45, 7) is 6.83. The molecule has 36 heavy (non-hydrogen) atoms. The molecule has 188 valence electrons. The number of aryl methyl sites for hydroxylation is 1.